The average molecular weight is 289 g/mol. The largest absolute Gasteiger partial charge is 0.396 e. The summed E-state index contributed by atoms with van der Waals surface area (Å²) in [5.74, 6) is 0.294. The van der Waals surface area contributed by atoms with E-state index in [0.717, 1.165) is 30.5 Å². The number of anilines is 1. The topological polar surface area (TPSA) is 88.3 Å². The van der Waals surface area contributed by atoms with Crippen LogP contribution in [0.5, 0.6) is 0 Å². The number of non-ortho nitro benzene ring substituents is 1. The van der Waals surface area contributed by atoms with Crippen molar-refractivity contribution in [2.75, 3.05) is 18.5 Å². The van der Waals surface area contributed by atoms with E-state index in [1.807, 2.05) is 6.92 Å². The highest BCUT2D eigenvalue weighted by molar-refractivity contribution is 5.99. The molecule has 0 aliphatic rings. The van der Waals surface area contributed by atoms with Crippen molar-refractivity contribution in [3.8, 4) is 0 Å². The summed E-state index contributed by atoms with van der Waals surface area (Å²) in [7, 11) is 0. The second-order valence-corrected chi connectivity index (χ2v) is 5.17. The van der Waals surface area contributed by atoms with Crippen molar-refractivity contribution in [3.05, 3.63) is 40.7 Å². The molecule has 0 saturated heterocycles. The number of aliphatic hydroxyl groups is 1. The van der Waals surface area contributed by atoms with Crippen molar-refractivity contribution < 1.29 is 10.0 Å². The number of rotatable bonds is 7. The molecule has 2 rings (SSSR count). The first-order chi connectivity index (χ1) is 10.1. The minimum absolute atomic E-state index is 0.0897. The van der Waals surface area contributed by atoms with Crippen LogP contribution in [0.3, 0.4) is 0 Å². The van der Waals surface area contributed by atoms with Gasteiger partial charge in [-0.25, -0.2) is 0 Å². The maximum atomic E-state index is 11.0. The molecular weight excluding hydrogens is 270 g/mol. The quantitative estimate of drug-likeness (QED) is 0.465. The number of hydrogen-bond acceptors (Lipinski definition) is 5. The van der Waals surface area contributed by atoms with Crippen LogP contribution >= 0.6 is 0 Å². The van der Waals surface area contributed by atoms with E-state index in [-0.39, 0.29) is 17.2 Å². The third-order valence-electron chi connectivity index (χ3n) is 3.49. The number of aliphatic hydroxyl groups excluding tert-OH is 1. The normalized spacial score (nSPS) is 12.3. The molecule has 2 N–H and O–H groups in total. The number of nitro benzene ring substituents is 1. The Bertz CT molecular complexity index is 631. The smallest absolute Gasteiger partial charge is 0.277 e. The third-order valence-corrected chi connectivity index (χ3v) is 3.49. The standard InChI is InChI=1S/C15H19N3O3/c1-11(10-19)3-2-7-17-14-4-5-15(18(20)21)12-6-8-16-9-13(12)14/h4-6,8-9,11,17,19H,2-3,7,10H2,1H3. The Morgan fingerprint density at radius 3 is 2.90 bits per heavy atom. The maximum absolute atomic E-state index is 11.0. The first-order valence-electron chi connectivity index (χ1n) is 6.99. The van der Waals surface area contributed by atoms with E-state index in [2.05, 4.69) is 10.3 Å². The van der Waals surface area contributed by atoms with Gasteiger partial charge in [0.05, 0.1) is 10.3 Å². The fraction of sp³-hybridized carbons (Fsp3) is 0.400. The van der Waals surface area contributed by atoms with Gasteiger partial charge in [-0.2, -0.15) is 0 Å². The molecule has 0 bridgehead atoms. The zero-order chi connectivity index (χ0) is 15.2. The van der Waals surface area contributed by atoms with Crippen LogP contribution in [0.25, 0.3) is 10.8 Å². The van der Waals surface area contributed by atoms with E-state index in [1.165, 1.54) is 6.07 Å². The van der Waals surface area contributed by atoms with E-state index in [4.69, 9.17) is 5.11 Å². The van der Waals surface area contributed by atoms with Gasteiger partial charge in [-0.15, -0.1) is 0 Å². The van der Waals surface area contributed by atoms with Crippen molar-refractivity contribution in [1.82, 2.24) is 4.98 Å². The first kappa shape index (κ1) is 15.2. The van der Waals surface area contributed by atoms with Gasteiger partial charge in [-0.1, -0.05) is 6.92 Å². The Hall–Kier alpha value is -2.21. The molecular formula is C15H19N3O3. The van der Waals surface area contributed by atoms with Crippen molar-refractivity contribution in [1.29, 1.82) is 0 Å². The van der Waals surface area contributed by atoms with Crippen molar-refractivity contribution in [2.24, 2.45) is 5.92 Å². The Morgan fingerprint density at radius 2 is 2.19 bits per heavy atom. The minimum Gasteiger partial charge on any atom is -0.396 e. The van der Waals surface area contributed by atoms with Crippen LogP contribution in [-0.2, 0) is 0 Å². The Kier molecular flexibility index (Phi) is 5.05. The summed E-state index contributed by atoms with van der Waals surface area (Å²) in [4.78, 5) is 14.7. The summed E-state index contributed by atoms with van der Waals surface area (Å²) in [5, 5.41) is 24.6. The molecule has 112 valence electrons. The molecule has 21 heavy (non-hydrogen) atoms. The zero-order valence-corrected chi connectivity index (χ0v) is 12.0. The van der Waals surface area contributed by atoms with Gasteiger partial charge in [0.15, 0.2) is 0 Å². The number of pyridine rings is 1. The SMILES string of the molecule is CC(CO)CCCNc1ccc([N+](=O)[O-])c2ccncc12. The summed E-state index contributed by atoms with van der Waals surface area (Å²) in [6, 6.07) is 4.89. The Labute approximate surface area is 123 Å². The number of hydrogen-bond donors (Lipinski definition) is 2. The molecule has 0 aliphatic heterocycles. The van der Waals surface area contributed by atoms with Crippen molar-refractivity contribution in [2.45, 2.75) is 19.8 Å². The number of fused-ring (bicyclic) bond motifs is 1. The molecule has 0 radical (unpaired) electrons. The number of aromatic nitrogens is 1. The summed E-state index contributed by atoms with van der Waals surface area (Å²) < 4.78 is 0. The molecule has 0 spiro atoms. The number of nitro groups is 1. The molecule has 2 aromatic rings. The van der Waals surface area contributed by atoms with Crippen LogP contribution in [0, 0.1) is 16.0 Å². The zero-order valence-electron chi connectivity index (χ0n) is 12.0. The Balaban J connectivity index is 2.14. The van der Waals surface area contributed by atoms with E-state index in [9.17, 15) is 10.1 Å². The predicted molar refractivity (Wildman–Crippen MR) is 82.4 cm³/mol. The van der Waals surface area contributed by atoms with Crippen LogP contribution in [0.1, 0.15) is 19.8 Å². The minimum atomic E-state index is -0.380. The Morgan fingerprint density at radius 1 is 1.38 bits per heavy atom. The lowest BCUT2D eigenvalue weighted by molar-refractivity contribution is -0.383. The number of nitrogens with one attached hydrogen (secondary N) is 1. The summed E-state index contributed by atoms with van der Waals surface area (Å²) in [6.45, 7) is 2.96. The summed E-state index contributed by atoms with van der Waals surface area (Å²) >= 11 is 0. The van der Waals surface area contributed by atoms with E-state index in [0.29, 0.717) is 11.3 Å². The van der Waals surface area contributed by atoms with Gasteiger partial charge in [0, 0.05) is 42.7 Å². The van der Waals surface area contributed by atoms with Crippen LogP contribution in [-0.4, -0.2) is 28.2 Å². The number of benzene rings is 1. The second kappa shape index (κ2) is 6.99. The average Bonchev–Trinajstić information content (AvgIpc) is 2.50. The molecule has 0 fully saturated rings. The number of nitrogens with zero attached hydrogens (tertiary/aromatic N) is 2. The van der Waals surface area contributed by atoms with E-state index >= 15 is 0 Å². The molecule has 1 atom stereocenters. The maximum Gasteiger partial charge on any atom is 0.277 e. The van der Waals surface area contributed by atoms with Crippen LogP contribution in [0.15, 0.2) is 30.6 Å². The fourth-order valence-corrected chi connectivity index (χ4v) is 2.25. The van der Waals surface area contributed by atoms with Crippen LogP contribution in [0.2, 0.25) is 0 Å². The molecule has 0 aliphatic carbocycles. The lowest BCUT2D eigenvalue weighted by Crippen LogP contribution is -2.07. The molecule has 1 aromatic carbocycles. The molecule has 1 aromatic heterocycles. The van der Waals surface area contributed by atoms with Gasteiger partial charge in [-0.05, 0) is 30.9 Å². The molecule has 0 saturated carbocycles. The van der Waals surface area contributed by atoms with E-state index < -0.39 is 0 Å². The van der Waals surface area contributed by atoms with Crippen molar-refractivity contribution in [3.63, 3.8) is 0 Å². The lowest BCUT2D eigenvalue weighted by Gasteiger charge is -2.11. The molecule has 1 unspecified atom stereocenters. The van der Waals surface area contributed by atoms with Gasteiger partial charge in [0.1, 0.15) is 0 Å². The highest BCUT2D eigenvalue weighted by atomic mass is 16.6. The summed E-state index contributed by atoms with van der Waals surface area (Å²) in [6.07, 6.45) is 5.07. The first-order valence-corrected chi connectivity index (χ1v) is 6.99. The molecule has 6 nitrogen and oxygen atoms in total. The van der Waals surface area contributed by atoms with E-state index in [1.54, 1.807) is 24.5 Å². The highest BCUT2D eigenvalue weighted by Crippen LogP contribution is 2.30. The van der Waals surface area contributed by atoms with Gasteiger partial charge < -0.3 is 10.4 Å². The van der Waals surface area contributed by atoms with Crippen LogP contribution < -0.4 is 5.32 Å². The van der Waals surface area contributed by atoms with Crippen LogP contribution in [0.4, 0.5) is 11.4 Å². The summed E-state index contributed by atoms with van der Waals surface area (Å²) in [5.41, 5.74) is 0.937. The third kappa shape index (κ3) is 3.66. The fourth-order valence-electron chi connectivity index (χ4n) is 2.25. The monoisotopic (exact) mass is 289 g/mol. The highest BCUT2D eigenvalue weighted by Gasteiger charge is 2.13. The van der Waals surface area contributed by atoms with Gasteiger partial charge in [0.25, 0.3) is 5.69 Å². The van der Waals surface area contributed by atoms with Crippen molar-refractivity contribution >= 4 is 22.1 Å². The second-order valence-electron chi connectivity index (χ2n) is 5.17. The van der Waals surface area contributed by atoms with Gasteiger partial charge in [0.2, 0.25) is 0 Å². The molecule has 6 heteroatoms. The lowest BCUT2D eigenvalue weighted by atomic mass is 10.1. The molecule has 0 amide bonds. The van der Waals surface area contributed by atoms with Gasteiger partial charge in [-0.3, -0.25) is 15.1 Å². The predicted octanol–water partition coefficient (Wildman–Crippen LogP) is 2.96. The van der Waals surface area contributed by atoms with Gasteiger partial charge >= 0.3 is 0 Å². The molecule has 1 heterocycles.